The highest BCUT2D eigenvalue weighted by atomic mass is 16.5. The number of nitrogens with zero attached hydrogens (tertiary/aromatic N) is 2. The quantitative estimate of drug-likeness (QED) is 0.793. The molecule has 7 nitrogen and oxygen atoms in total. The summed E-state index contributed by atoms with van der Waals surface area (Å²) in [6.07, 6.45) is 8.66. The van der Waals surface area contributed by atoms with Crippen molar-refractivity contribution in [2.24, 2.45) is 0 Å². The lowest BCUT2D eigenvalue weighted by Crippen LogP contribution is -2.47. The Labute approximate surface area is 141 Å². The molecule has 0 atom stereocenters. The van der Waals surface area contributed by atoms with Gasteiger partial charge >= 0.3 is 5.97 Å². The molecule has 1 aromatic heterocycles. The molecular formula is C17H25N3O4. The van der Waals surface area contributed by atoms with Gasteiger partial charge in [0.25, 0.3) is 0 Å². The third-order valence-corrected chi connectivity index (χ3v) is 5.22. The molecule has 24 heavy (non-hydrogen) atoms. The van der Waals surface area contributed by atoms with Crippen molar-refractivity contribution in [1.82, 2.24) is 15.5 Å². The highest BCUT2D eigenvalue weighted by Crippen LogP contribution is 2.33. The summed E-state index contributed by atoms with van der Waals surface area (Å²) in [4.78, 5) is 27.7. The van der Waals surface area contributed by atoms with E-state index in [4.69, 9.17) is 9.63 Å². The summed E-state index contributed by atoms with van der Waals surface area (Å²) in [7, 11) is 0. The molecule has 0 unspecified atom stereocenters. The fraction of sp³-hybridized carbons (Fsp3) is 0.765. The minimum atomic E-state index is -0.865. The van der Waals surface area contributed by atoms with Gasteiger partial charge in [-0.3, -0.25) is 9.59 Å². The number of aliphatic carboxylic acids is 1. The van der Waals surface area contributed by atoms with Crippen molar-refractivity contribution in [2.45, 2.75) is 82.1 Å². The standard InChI is InChI=1S/C17H25N3O4/c21-13(19-17(11-15(22)23)9-3-4-10-17)7-8-14-18-16(20-24-14)12-5-1-2-6-12/h12H,1-11H2,(H,19,21)(H,22,23). The Kier molecular flexibility index (Phi) is 5.16. The summed E-state index contributed by atoms with van der Waals surface area (Å²) in [6.45, 7) is 0. The Morgan fingerprint density at radius 2 is 1.92 bits per heavy atom. The van der Waals surface area contributed by atoms with Gasteiger partial charge in [0, 0.05) is 18.8 Å². The lowest BCUT2D eigenvalue weighted by Gasteiger charge is -2.28. The molecule has 2 aliphatic carbocycles. The molecule has 132 valence electrons. The van der Waals surface area contributed by atoms with Crippen LogP contribution < -0.4 is 5.32 Å². The molecule has 0 aromatic carbocycles. The van der Waals surface area contributed by atoms with Crippen LogP contribution in [0.2, 0.25) is 0 Å². The SMILES string of the molecule is O=C(O)CC1(NC(=O)CCc2nc(C3CCCC3)no2)CCCC1. The van der Waals surface area contributed by atoms with Crippen LogP contribution in [0.3, 0.4) is 0 Å². The van der Waals surface area contributed by atoms with E-state index in [9.17, 15) is 9.59 Å². The maximum atomic E-state index is 12.2. The van der Waals surface area contributed by atoms with Gasteiger partial charge in [-0.15, -0.1) is 0 Å². The normalized spacial score (nSPS) is 20.3. The predicted octanol–water partition coefficient (Wildman–Crippen LogP) is 2.56. The number of nitrogens with one attached hydrogen (secondary N) is 1. The first-order chi connectivity index (χ1) is 11.6. The van der Waals surface area contributed by atoms with Crippen LogP contribution in [0.5, 0.6) is 0 Å². The molecule has 0 aliphatic heterocycles. The zero-order valence-electron chi connectivity index (χ0n) is 13.9. The van der Waals surface area contributed by atoms with Gasteiger partial charge in [-0.2, -0.15) is 4.98 Å². The second kappa shape index (κ2) is 7.32. The maximum Gasteiger partial charge on any atom is 0.305 e. The van der Waals surface area contributed by atoms with Crippen molar-refractivity contribution < 1.29 is 19.2 Å². The Bertz CT molecular complexity index is 586. The molecule has 1 aromatic rings. The first-order valence-electron chi connectivity index (χ1n) is 8.92. The van der Waals surface area contributed by atoms with Gasteiger partial charge in [-0.1, -0.05) is 30.8 Å². The highest BCUT2D eigenvalue weighted by Gasteiger charge is 2.37. The van der Waals surface area contributed by atoms with Crippen LogP contribution in [0.15, 0.2) is 4.52 Å². The summed E-state index contributed by atoms with van der Waals surface area (Å²) >= 11 is 0. The Morgan fingerprint density at radius 3 is 2.58 bits per heavy atom. The van der Waals surface area contributed by atoms with Gasteiger partial charge in [0.15, 0.2) is 5.82 Å². The largest absolute Gasteiger partial charge is 0.481 e. The molecule has 2 aliphatic rings. The van der Waals surface area contributed by atoms with E-state index in [0.717, 1.165) is 44.3 Å². The van der Waals surface area contributed by atoms with Gasteiger partial charge < -0.3 is 14.9 Å². The fourth-order valence-electron chi connectivity index (χ4n) is 3.99. The zero-order valence-corrected chi connectivity index (χ0v) is 13.9. The van der Waals surface area contributed by atoms with E-state index < -0.39 is 11.5 Å². The number of aryl methyl sites for hydroxylation is 1. The molecule has 1 heterocycles. The molecule has 7 heteroatoms. The molecule has 0 radical (unpaired) electrons. The van der Waals surface area contributed by atoms with E-state index in [0.29, 0.717) is 18.2 Å². The number of carboxylic acids is 1. The van der Waals surface area contributed by atoms with Crippen LogP contribution in [0.4, 0.5) is 0 Å². The zero-order chi connectivity index (χ0) is 17.0. The molecule has 2 N–H and O–H groups in total. The number of amides is 1. The molecule has 0 bridgehead atoms. The summed E-state index contributed by atoms with van der Waals surface area (Å²) in [5.41, 5.74) is -0.577. The summed E-state index contributed by atoms with van der Waals surface area (Å²) < 4.78 is 5.25. The Hall–Kier alpha value is -1.92. The Morgan fingerprint density at radius 1 is 1.21 bits per heavy atom. The second-order valence-corrected chi connectivity index (χ2v) is 7.13. The Balaban J connectivity index is 1.50. The van der Waals surface area contributed by atoms with E-state index in [1.54, 1.807) is 0 Å². The first-order valence-corrected chi connectivity index (χ1v) is 8.92. The average Bonchev–Trinajstić information content (AvgIpc) is 3.26. The molecule has 0 spiro atoms. The molecule has 2 saturated carbocycles. The number of aromatic nitrogens is 2. The van der Waals surface area contributed by atoms with E-state index in [1.165, 1.54) is 12.8 Å². The predicted molar refractivity (Wildman–Crippen MR) is 85.4 cm³/mol. The van der Waals surface area contributed by atoms with Gasteiger partial charge in [-0.05, 0) is 25.7 Å². The second-order valence-electron chi connectivity index (χ2n) is 7.13. The van der Waals surface area contributed by atoms with Crippen molar-refractivity contribution in [1.29, 1.82) is 0 Å². The van der Waals surface area contributed by atoms with Gasteiger partial charge in [0.2, 0.25) is 11.8 Å². The molecule has 1 amide bonds. The van der Waals surface area contributed by atoms with Crippen LogP contribution in [0, 0.1) is 0 Å². The third-order valence-electron chi connectivity index (χ3n) is 5.22. The van der Waals surface area contributed by atoms with E-state index in [1.807, 2.05) is 0 Å². The van der Waals surface area contributed by atoms with Crippen LogP contribution in [-0.4, -0.2) is 32.7 Å². The summed E-state index contributed by atoms with van der Waals surface area (Å²) in [6, 6.07) is 0. The number of hydrogen-bond donors (Lipinski definition) is 2. The van der Waals surface area contributed by atoms with Crippen LogP contribution in [-0.2, 0) is 16.0 Å². The first kappa shape index (κ1) is 16.9. The monoisotopic (exact) mass is 335 g/mol. The third kappa shape index (κ3) is 4.13. The molecule has 2 fully saturated rings. The molecule has 3 rings (SSSR count). The van der Waals surface area contributed by atoms with Crippen molar-refractivity contribution in [3.63, 3.8) is 0 Å². The highest BCUT2D eigenvalue weighted by molar-refractivity contribution is 5.78. The number of rotatable bonds is 7. The van der Waals surface area contributed by atoms with Gasteiger partial charge in [0.1, 0.15) is 0 Å². The van der Waals surface area contributed by atoms with Crippen LogP contribution >= 0.6 is 0 Å². The smallest absolute Gasteiger partial charge is 0.305 e. The number of carbonyl (C=O) groups is 2. The maximum absolute atomic E-state index is 12.2. The molecule has 0 saturated heterocycles. The topological polar surface area (TPSA) is 105 Å². The lowest BCUT2D eigenvalue weighted by molar-refractivity contribution is -0.139. The number of hydrogen-bond acceptors (Lipinski definition) is 5. The van der Waals surface area contributed by atoms with Crippen LogP contribution in [0.1, 0.15) is 81.8 Å². The van der Waals surface area contributed by atoms with E-state index in [-0.39, 0.29) is 18.7 Å². The minimum Gasteiger partial charge on any atom is -0.481 e. The van der Waals surface area contributed by atoms with Crippen molar-refractivity contribution in [2.75, 3.05) is 0 Å². The van der Waals surface area contributed by atoms with E-state index >= 15 is 0 Å². The lowest BCUT2D eigenvalue weighted by atomic mass is 9.93. The van der Waals surface area contributed by atoms with Gasteiger partial charge in [-0.25, -0.2) is 0 Å². The summed E-state index contributed by atoms with van der Waals surface area (Å²) in [5, 5.41) is 16.1. The van der Waals surface area contributed by atoms with E-state index in [2.05, 4.69) is 15.5 Å². The van der Waals surface area contributed by atoms with Crippen molar-refractivity contribution in [3.05, 3.63) is 11.7 Å². The molecular weight excluding hydrogens is 310 g/mol. The number of carboxylic acid groups (broad SMARTS) is 1. The summed E-state index contributed by atoms with van der Waals surface area (Å²) in [5.74, 6) is 0.648. The fourth-order valence-corrected chi connectivity index (χ4v) is 3.99. The van der Waals surface area contributed by atoms with Gasteiger partial charge in [0.05, 0.1) is 12.0 Å². The number of carbonyl (C=O) groups excluding carboxylic acids is 1. The van der Waals surface area contributed by atoms with Crippen molar-refractivity contribution >= 4 is 11.9 Å². The minimum absolute atomic E-state index is 0.00880. The van der Waals surface area contributed by atoms with Crippen molar-refractivity contribution in [3.8, 4) is 0 Å². The van der Waals surface area contributed by atoms with Crippen LogP contribution in [0.25, 0.3) is 0 Å². The average molecular weight is 335 g/mol.